The molecule has 3 nitrogen and oxygen atoms in total. The molecule has 0 amide bonds. The summed E-state index contributed by atoms with van der Waals surface area (Å²) in [6, 6.07) is 6.15. The normalized spacial score (nSPS) is 11.2. The maximum atomic E-state index is 13.0. The predicted octanol–water partition coefficient (Wildman–Crippen LogP) is 4.08. The fourth-order valence-electron chi connectivity index (χ4n) is 2.26. The van der Waals surface area contributed by atoms with E-state index >= 15 is 0 Å². The van der Waals surface area contributed by atoms with E-state index in [1.807, 2.05) is 13.8 Å². The van der Waals surface area contributed by atoms with Crippen molar-refractivity contribution >= 4 is 22.6 Å². The number of hydrogen-bond acceptors (Lipinski definition) is 2. The van der Waals surface area contributed by atoms with Crippen LogP contribution in [0.2, 0.25) is 5.02 Å². The first kappa shape index (κ1) is 13.1. The molecule has 102 valence electrons. The maximum Gasteiger partial charge on any atom is 0.164 e. The third-order valence-electron chi connectivity index (χ3n) is 3.33. The van der Waals surface area contributed by atoms with Crippen LogP contribution in [0.5, 0.6) is 0 Å². The van der Waals surface area contributed by atoms with Gasteiger partial charge in [0.2, 0.25) is 0 Å². The summed E-state index contributed by atoms with van der Waals surface area (Å²) < 4.78 is 14.7. The summed E-state index contributed by atoms with van der Waals surface area (Å²) >= 11 is 6.42. The van der Waals surface area contributed by atoms with Crippen LogP contribution in [0.3, 0.4) is 0 Å². The Bertz CT molecular complexity index is 778. The molecule has 3 aromatic rings. The summed E-state index contributed by atoms with van der Waals surface area (Å²) in [4.78, 5) is 4.45. The zero-order valence-electron chi connectivity index (χ0n) is 11.2. The Hall–Kier alpha value is -1.94. The van der Waals surface area contributed by atoms with Crippen molar-refractivity contribution in [2.75, 3.05) is 0 Å². The predicted molar refractivity (Wildman–Crippen MR) is 77.9 cm³/mol. The number of fused-ring (bicyclic) bond motifs is 1. The number of rotatable bonds is 2. The summed E-state index contributed by atoms with van der Waals surface area (Å²) in [6.07, 6.45) is 2.59. The molecule has 0 aliphatic rings. The van der Waals surface area contributed by atoms with Crippen LogP contribution in [0.4, 0.5) is 4.39 Å². The molecule has 20 heavy (non-hydrogen) atoms. The van der Waals surface area contributed by atoms with Gasteiger partial charge in [0.15, 0.2) is 5.65 Å². The lowest BCUT2D eigenvalue weighted by atomic mass is 10.1. The number of benzene rings is 1. The molecule has 1 aromatic carbocycles. The first-order valence-electron chi connectivity index (χ1n) is 6.40. The zero-order chi connectivity index (χ0) is 14.3. The summed E-state index contributed by atoms with van der Waals surface area (Å²) in [5.74, 6) is -0.277. The average molecular weight is 290 g/mol. The van der Waals surface area contributed by atoms with Gasteiger partial charge in [0.1, 0.15) is 5.82 Å². The smallest absolute Gasteiger partial charge is 0.164 e. The number of aryl methyl sites for hydroxylation is 2. The minimum Gasteiger partial charge on any atom is -0.236 e. The molecule has 2 heterocycles. The lowest BCUT2D eigenvalue weighted by Crippen LogP contribution is -1.98. The standard InChI is InChI=1S/C15H13ClFN3/c1-3-10-8-18-15-13(14(10)16)9(2)19-20(15)12-6-4-11(17)5-7-12/h4-8H,3H2,1-2H3. The largest absolute Gasteiger partial charge is 0.236 e. The molecule has 0 bridgehead atoms. The van der Waals surface area contributed by atoms with Crippen LogP contribution in [0.15, 0.2) is 30.5 Å². The Labute approximate surface area is 121 Å². The van der Waals surface area contributed by atoms with Crippen molar-refractivity contribution < 1.29 is 4.39 Å². The Morgan fingerprint density at radius 3 is 2.60 bits per heavy atom. The Morgan fingerprint density at radius 1 is 1.25 bits per heavy atom. The first-order chi connectivity index (χ1) is 9.61. The molecule has 0 unspecified atom stereocenters. The molecule has 2 aromatic heterocycles. The Kier molecular flexibility index (Phi) is 3.18. The number of pyridine rings is 1. The fourth-order valence-corrected chi connectivity index (χ4v) is 2.66. The van der Waals surface area contributed by atoms with Gasteiger partial charge in [-0.15, -0.1) is 0 Å². The van der Waals surface area contributed by atoms with Crippen LogP contribution >= 0.6 is 11.6 Å². The monoisotopic (exact) mass is 289 g/mol. The Morgan fingerprint density at radius 2 is 1.95 bits per heavy atom. The van der Waals surface area contributed by atoms with E-state index in [1.54, 1.807) is 23.0 Å². The summed E-state index contributed by atoms with van der Waals surface area (Å²) in [5, 5.41) is 6.03. The van der Waals surface area contributed by atoms with E-state index in [2.05, 4.69) is 10.1 Å². The van der Waals surface area contributed by atoms with Gasteiger partial charge in [-0.3, -0.25) is 0 Å². The molecule has 0 aliphatic heterocycles. The van der Waals surface area contributed by atoms with Crippen LogP contribution in [0.1, 0.15) is 18.2 Å². The molecule has 0 saturated carbocycles. The van der Waals surface area contributed by atoms with Gasteiger partial charge in [-0.25, -0.2) is 14.1 Å². The topological polar surface area (TPSA) is 30.7 Å². The van der Waals surface area contributed by atoms with Crippen molar-refractivity contribution in [3.05, 3.63) is 52.6 Å². The van der Waals surface area contributed by atoms with Gasteiger partial charge in [-0.1, -0.05) is 18.5 Å². The number of nitrogens with zero attached hydrogens (tertiary/aromatic N) is 3. The van der Waals surface area contributed by atoms with E-state index < -0.39 is 0 Å². The van der Waals surface area contributed by atoms with Gasteiger partial charge in [0, 0.05) is 6.20 Å². The second-order valence-corrected chi connectivity index (χ2v) is 5.00. The summed E-state index contributed by atoms with van der Waals surface area (Å²) in [7, 11) is 0. The van der Waals surface area contributed by atoms with Crippen molar-refractivity contribution in [2.45, 2.75) is 20.3 Å². The molecule has 0 aliphatic carbocycles. The van der Waals surface area contributed by atoms with Crippen LogP contribution in [-0.4, -0.2) is 14.8 Å². The highest BCUT2D eigenvalue weighted by atomic mass is 35.5. The van der Waals surface area contributed by atoms with Gasteiger partial charge in [-0.2, -0.15) is 5.10 Å². The van der Waals surface area contributed by atoms with E-state index in [4.69, 9.17) is 11.6 Å². The average Bonchev–Trinajstić information content (AvgIpc) is 2.78. The van der Waals surface area contributed by atoms with E-state index in [0.717, 1.165) is 28.8 Å². The van der Waals surface area contributed by atoms with Gasteiger partial charge < -0.3 is 0 Å². The number of halogens is 2. The third kappa shape index (κ3) is 1.96. The van der Waals surface area contributed by atoms with E-state index in [-0.39, 0.29) is 5.82 Å². The quantitative estimate of drug-likeness (QED) is 0.711. The Balaban J connectivity index is 2.28. The van der Waals surface area contributed by atoms with Crippen LogP contribution in [0, 0.1) is 12.7 Å². The summed E-state index contributed by atoms with van der Waals surface area (Å²) in [5.41, 5.74) is 3.27. The van der Waals surface area contributed by atoms with Gasteiger partial charge >= 0.3 is 0 Å². The summed E-state index contributed by atoms with van der Waals surface area (Å²) in [6.45, 7) is 3.93. The molecule has 0 radical (unpaired) electrons. The van der Waals surface area contributed by atoms with Crippen LogP contribution in [0.25, 0.3) is 16.7 Å². The maximum absolute atomic E-state index is 13.0. The fraction of sp³-hybridized carbons (Fsp3) is 0.200. The minimum absolute atomic E-state index is 0.277. The van der Waals surface area contributed by atoms with Crippen LogP contribution < -0.4 is 0 Å². The van der Waals surface area contributed by atoms with Crippen molar-refractivity contribution in [1.29, 1.82) is 0 Å². The highest BCUT2D eigenvalue weighted by Crippen LogP contribution is 2.30. The second-order valence-electron chi connectivity index (χ2n) is 4.62. The van der Waals surface area contributed by atoms with E-state index in [0.29, 0.717) is 10.7 Å². The van der Waals surface area contributed by atoms with Crippen molar-refractivity contribution in [3.63, 3.8) is 0 Å². The minimum atomic E-state index is -0.277. The third-order valence-corrected chi connectivity index (χ3v) is 3.76. The molecule has 0 fully saturated rings. The van der Waals surface area contributed by atoms with E-state index in [1.165, 1.54) is 12.1 Å². The molecule has 3 rings (SSSR count). The lowest BCUT2D eigenvalue weighted by molar-refractivity contribution is 0.627. The van der Waals surface area contributed by atoms with Gasteiger partial charge in [0.05, 0.1) is 21.8 Å². The van der Waals surface area contributed by atoms with Gasteiger partial charge in [0.25, 0.3) is 0 Å². The molecule has 0 saturated heterocycles. The second kappa shape index (κ2) is 4.87. The highest BCUT2D eigenvalue weighted by molar-refractivity contribution is 6.36. The molecule has 5 heteroatoms. The molecular formula is C15H13ClFN3. The number of hydrogen-bond donors (Lipinski definition) is 0. The van der Waals surface area contributed by atoms with Crippen LogP contribution in [-0.2, 0) is 6.42 Å². The lowest BCUT2D eigenvalue weighted by Gasteiger charge is -2.04. The molecular weight excluding hydrogens is 277 g/mol. The van der Waals surface area contributed by atoms with Gasteiger partial charge in [-0.05, 0) is 43.2 Å². The highest BCUT2D eigenvalue weighted by Gasteiger charge is 2.15. The van der Waals surface area contributed by atoms with Crippen molar-refractivity contribution in [1.82, 2.24) is 14.8 Å². The SMILES string of the molecule is CCc1cnc2c(c(C)nn2-c2ccc(F)cc2)c1Cl. The first-order valence-corrected chi connectivity index (χ1v) is 6.78. The number of aromatic nitrogens is 3. The molecule has 0 atom stereocenters. The molecule has 0 spiro atoms. The zero-order valence-corrected chi connectivity index (χ0v) is 11.9. The molecule has 0 N–H and O–H groups in total. The van der Waals surface area contributed by atoms with Crippen molar-refractivity contribution in [3.8, 4) is 5.69 Å². The van der Waals surface area contributed by atoms with Crippen molar-refractivity contribution in [2.24, 2.45) is 0 Å². The van der Waals surface area contributed by atoms with E-state index in [9.17, 15) is 4.39 Å².